The second-order valence-corrected chi connectivity index (χ2v) is 5.15. The van der Waals surface area contributed by atoms with Gasteiger partial charge in [-0.25, -0.2) is 0 Å². The summed E-state index contributed by atoms with van der Waals surface area (Å²) in [5.41, 5.74) is 6.40. The molecular formula is C15H23NO2S. The number of hydrogen-bond acceptors (Lipinski definition) is 3. The zero-order valence-electron chi connectivity index (χ0n) is 11.7. The molecular weight excluding hydrogens is 258 g/mol. The summed E-state index contributed by atoms with van der Waals surface area (Å²) in [6, 6.07) is 7.50. The molecule has 0 saturated heterocycles. The van der Waals surface area contributed by atoms with E-state index in [9.17, 15) is 0 Å². The molecule has 0 spiro atoms. The maximum atomic E-state index is 5.60. The minimum absolute atomic E-state index is 0.384. The fourth-order valence-electron chi connectivity index (χ4n) is 1.82. The van der Waals surface area contributed by atoms with Gasteiger partial charge in [0.05, 0.1) is 6.61 Å². The van der Waals surface area contributed by atoms with E-state index in [1.54, 1.807) is 0 Å². The summed E-state index contributed by atoms with van der Waals surface area (Å²) in [5, 5.41) is 0. The Morgan fingerprint density at radius 3 is 2.84 bits per heavy atom. The summed E-state index contributed by atoms with van der Waals surface area (Å²) in [5.74, 6) is 1.39. The third kappa shape index (κ3) is 6.55. The lowest BCUT2D eigenvalue weighted by atomic mass is 10.1. The van der Waals surface area contributed by atoms with Crippen LogP contribution in [0, 0.1) is 5.92 Å². The second kappa shape index (κ2) is 8.88. The number of rotatable bonds is 9. The highest BCUT2D eigenvalue weighted by molar-refractivity contribution is 7.80. The van der Waals surface area contributed by atoms with Gasteiger partial charge in [0.1, 0.15) is 17.3 Å². The molecule has 0 aliphatic rings. The Kier molecular flexibility index (Phi) is 7.45. The van der Waals surface area contributed by atoms with Crippen LogP contribution >= 0.6 is 12.2 Å². The summed E-state index contributed by atoms with van der Waals surface area (Å²) in [7, 11) is 0. The minimum atomic E-state index is 0.384. The second-order valence-electron chi connectivity index (χ2n) is 4.71. The van der Waals surface area contributed by atoms with E-state index in [0.29, 0.717) is 24.1 Å². The first-order valence-electron chi connectivity index (χ1n) is 6.74. The molecule has 1 rings (SSSR count). The van der Waals surface area contributed by atoms with Gasteiger partial charge in [-0.3, -0.25) is 0 Å². The van der Waals surface area contributed by atoms with Crippen LogP contribution in [0.5, 0.6) is 5.75 Å². The molecule has 2 N–H and O–H groups in total. The molecule has 0 aliphatic heterocycles. The standard InChI is InChI=1S/C15H23NO2S/c1-3-5-12(2)11-17-8-9-18-14-7-4-6-13(10-14)15(16)19/h4,6-7,10,12H,3,5,8-9,11H2,1-2H3,(H2,16,19). The molecule has 1 aromatic carbocycles. The van der Waals surface area contributed by atoms with Gasteiger partial charge in [0.15, 0.2) is 0 Å². The highest BCUT2D eigenvalue weighted by Crippen LogP contribution is 2.13. The van der Waals surface area contributed by atoms with Crippen molar-refractivity contribution in [2.45, 2.75) is 26.7 Å². The molecule has 0 aromatic heterocycles. The van der Waals surface area contributed by atoms with Gasteiger partial charge in [0.2, 0.25) is 0 Å². The molecule has 106 valence electrons. The largest absolute Gasteiger partial charge is 0.491 e. The van der Waals surface area contributed by atoms with Crippen molar-refractivity contribution >= 4 is 17.2 Å². The van der Waals surface area contributed by atoms with Crippen molar-refractivity contribution in [1.29, 1.82) is 0 Å². The topological polar surface area (TPSA) is 44.5 Å². The lowest BCUT2D eigenvalue weighted by Crippen LogP contribution is -2.12. The van der Waals surface area contributed by atoms with E-state index in [4.69, 9.17) is 27.4 Å². The van der Waals surface area contributed by atoms with E-state index < -0.39 is 0 Å². The van der Waals surface area contributed by atoms with Crippen molar-refractivity contribution in [3.05, 3.63) is 29.8 Å². The summed E-state index contributed by atoms with van der Waals surface area (Å²) < 4.78 is 11.2. The van der Waals surface area contributed by atoms with Gasteiger partial charge in [0, 0.05) is 12.2 Å². The first kappa shape index (κ1) is 15.9. The van der Waals surface area contributed by atoms with Gasteiger partial charge in [-0.05, 0) is 24.5 Å². The fourth-order valence-corrected chi connectivity index (χ4v) is 1.95. The average Bonchev–Trinajstić information content (AvgIpc) is 2.39. The van der Waals surface area contributed by atoms with Crippen molar-refractivity contribution in [3.8, 4) is 5.75 Å². The van der Waals surface area contributed by atoms with Crippen molar-refractivity contribution in [3.63, 3.8) is 0 Å². The van der Waals surface area contributed by atoms with Crippen LogP contribution < -0.4 is 10.5 Å². The lowest BCUT2D eigenvalue weighted by molar-refractivity contribution is 0.0758. The molecule has 1 atom stereocenters. The van der Waals surface area contributed by atoms with E-state index in [0.717, 1.165) is 17.9 Å². The van der Waals surface area contributed by atoms with Gasteiger partial charge in [0.25, 0.3) is 0 Å². The molecule has 0 aliphatic carbocycles. The zero-order valence-corrected chi connectivity index (χ0v) is 12.5. The monoisotopic (exact) mass is 281 g/mol. The van der Waals surface area contributed by atoms with Crippen LogP contribution in [0.1, 0.15) is 32.3 Å². The predicted molar refractivity (Wildman–Crippen MR) is 82.7 cm³/mol. The third-order valence-corrected chi connectivity index (χ3v) is 3.03. The van der Waals surface area contributed by atoms with Crippen LogP contribution in [0.15, 0.2) is 24.3 Å². The van der Waals surface area contributed by atoms with E-state index in [1.165, 1.54) is 12.8 Å². The number of hydrogen-bond donors (Lipinski definition) is 1. The Morgan fingerprint density at radius 2 is 2.16 bits per heavy atom. The molecule has 19 heavy (non-hydrogen) atoms. The summed E-state index contributed by atoms with van der Waals surface area (Å²) >= 11 is 4.93. The van der Waals surface area contributed by atoms with Gasteiger partial charge in [-0.2, -0.15) is 0 Å². The van der Waals surface area contributed by atoms with E-state index in [2.05, 4.69) is 13.8 Å². The Balaban J connectivity index is 2.22. The maximum absolute atomic E-state index is 5.60. The Labute approximate surface area is 121 Å². The number of ether oxygens (including phenoxy) is 2. The summed E-state index contributed by atoms with van der Waals surface area (Å²) in [6.07, 6.45) is 2.41. The smallest absolute Gasteiger partial charge is 0.120 e. The fraction of sp³-hybridized carbons (Fsp3) is 0.533. The number of benzene rings is 1. The Hall–Kier alpha value is -1.13. The molecule has 0 amide bonds. The van der Waals surface area contributed by atoms with Crippen molar-refractivity contribution < 1.29 is 9.47 Å². The highest BCUT2D eigenvalue weighted by Gasteiger charge is 2.01. The molecule has 0 fully saturated rings. The third-order valence-electron chi connectivity index (χ3n) is 2.80. The average molecular weight is 281 g/mol. The Bertz CT molecular complexity index is 395. The van der Waals surface area contributed by atoms with Crippen molar-refractivity contribution in [1.82, 2.24) is 0 Å². The van der Waals surface area contributed by atoms with E-state index in [-0.39, 0.29) is 0 Å². The molecule has 1 aromatic rings. The first-order chi connectivity index (χ1) is 9.13. The van der Waals surface area contributed by atoms with Crippen molar-refractivity contribution in [2.24, 2.45) is 11.7 Å². The summed E-state index contributed by atoms with van der Waals surface area (Å²) in [4.78, 5) is 0.384. The minimum Gasteiger partial charge on any atom is -0.491 e. The maximum Gasteiger partial charge on any atom is 0.120 e. The molecule has 1 unspecified atom stereocenters. The quantitative estimate of drug-likeness (QED) is 0.558. The van der Waals surface area contributed by atoms with Crippen LogP contribution in [-0.2, 0) is 4.74 Å². The van der Waals surface area contributed by atoms with Gasteiger partial charge in [-0.15, -0.1) is 0 Å². The predicted octanol–water partition coefficient (Wildman–Crippen LogP) is 3.15. The molecule has 0 saturated carbocycles. The molecule has 0 heterocycles. The molecule has 0 bridgehead atoms. The van der Waals surface area contributed by atoms with E-state index >= 15 is 0 Å². The van der Waals surface area contributed by atoms with Crippen LogP contribution in [0.3, 0.4) is 0 Å². The van der Waals surface area contributed by atoms with Gasteiger partial charge in [-0.1, -0.05) is 44.6 Å². The SMILES string of the molecule is CCCC(C)COCCOc1cccc(C(N)=S)c1. The van der Waals surface area contributed by atoms with Gasteiger partial charge >= 0.3 is 0 Å². The lowest BCUT2D eigenvalue weighted by Gasteiger charge is -2.11. The van der Waals surface area contributed by atoms with Crippen LogP contribution in [0.25, 0.3) is 0 Å². The number of thiocarbonyl (C=S) groups is 1. The van der Waals surface area contributed by atoms with Crippen LogP contribution in [0.4, 0.5) is 0 Å². The molecule has 0 radical (unpaired) electrons. The normalized spacial score (nSPS) is 12.1. The zero-order chi connectivity index (χ0) is 14.1. The molecule has 4 heteroatoms. The van der Waals surface area contributed by atoms with Crippen LogP contribution in [-0.4, -0.2) is 24.8 Å². The van der Waals surface area contributed by atoms with Crippen molar-refractivity contribution in [2.75, 3.05) is 19.8 Å². The highest BCUT2D eigenvalue weighted by atomic mass is 32.1. The van der Waals surface area contributed by atoms with Crippen LogP contribution in [0.2, 0.25) is 0 Å². The number of nitrogens with two attached hydrogens (primary N) is 1. The first-order valence-corrected chi connectivity index (χ1v) is 7.14. The Morgan fingerprint density at radius 1 is 1.37 bits per heavy atom. The van der Waals surface area contributed by atoms with E-state index in [1.807, 2.05) is 24.3 Å². The van der Waals surface area contributed by atoms with Gasteiger partial charge < -0.3 is 15.2 Å². The summed E-state index contributed by atoms with van der Waals surface area (Å²) in [6.45, 7) is 6.33. The molecule has 3 nitrogen and oxygen atoms in total.